The van der Waals surface area contributed by atoms with E-state index in [0.717, 1.165) is 0 Å². The summed E-state index contributed by atoms with van der Waals surface area (Å²) in [5.41, 5.74) is 1.17. The van der Waals surface area contributed by atoms with Gasteiger partial charge in [0.15, 0.2) is 0 Å². The standard InChI is InChI=1S/C4H8.C2H3F/c1-4(2)3;1-2-3/h1H2,2-3H3;2H,1H2. The summed E-state index contributed by atoms with van der Waals surface area (Å²) in [6, 6.07) is 0. The fourth-order valence-electron chi connectivity index (χ4n) is 0. The second-order valence-electron chi connectivity index (χ2n) is 1.36. The van der Waals surface area contributed by atoms with Crippen molar-refractivity contribution < 1.29 is 4.39 Å². The largest absolute Gasteiger partial charge is 0.216 e. The molecule has 0 atom stereocenters. The van der Waals surface area contributed by atoms with Crippen LogP contribution in [0, 0.1) is 0 Å². The zero-order valence-electron chi connectivity index (χ0n) is 4.87. The first-order valence-corrected chi connectivity index (χ1v) is 1.98. The highest BCUT2D eigenvalue weighted by atomic mass is 19.1. The Bertz CT molecular complexity index is 51.2. The van der Waals surface area contributed by atoms with E-state index < -0.39 is 0 Å². The molecule has 0 N–H and O–H groups in total. The Balaban J connectivity index is 0. The highest BCUT2D eigenvalue weighted by Crippen LogP contribution is 1.73. The maximum absolute atomic E-state index is 10.1. The van der Waals surface area contributed by atoms with E-state index in [9.17, 15) is 4.39 Å². The van der Waals surface area contributed by atoms with E-state index in [-0.39, 0.29) is 6.33 Å². The molecule has 0 bridgehead atoms. The number of allylic oxidation sites excluding steroid dienone is 1. The molecule has 0 saturated heterocycles. The molecule has 0 aromatic rings. The number of hydrogen-bond donors (Lipinski definition) is 0. The second kappa shape index (κ2) is 9.05. The molecule has 0 radical (unpaired) electrons. The maximum atomic E-state index is 10.1. The van der Waals surface area contributed by atoms with Gasteiger partial charge in [0.1, 0.15) is 0 Å². The van der Waals surface area contributed by atoms with E-state index in [2.05, 4.69) is 13.2 Å². The molecule has 0 aliphatic heterocycles. The highest BCUT2D eigenvalue weighted by Gasteiger charge is 1.51. The molecule has 0 rings (SSSR count). The molecule has 0 fully saturated rings. The molecule has 7 heavy (non-hydrogen) atoms. The number of halogens is 1. The Labute approximate surface area is 44.4 Å². The lowest BCUT2D eigenvalue weighted by atomic mass is 10.4. The third-order valence-corrected chi connectivity index (χ3v) is 0. The van der Waals surface area contributed by atoms with Gasteiger partial charge < -0.3 is 0 Å². The van der Waals surface area contributed by atoms with Crippen LogP contribution in [0.15, 0.2) is 25.1 Å². The molecule has 0 heterocycles. The third kappa shape index (κ3) is 181. The van der Waals surface area contributed by atoms with Crippen LogP contribution in [0.1, 0.15) is 13.8 Å². The molecule has 0 aliphatic carbocycles. The highest BCUT2D eigenvalue weighted by molar-refractivity contribution is 4.78. The molecule has 1 heteroatoms. The Morgan fingerprint density at radius 2 is 1.57 bits per heavy atom. The minimum Gasteiger partial charge on any atom is -0.216 e. The van der Waals surface area contributed by atoms with Crippen molar-refractivity contribution >= 4 is 0 Å². The van der Waals surface area contributed by atoms with Crippen molar-refractivity contribution in [2.45, 2.75) is 13.8 Å². The maximum Gasteiger partial charge on any atom is 0.0795 e. The molecular weight excluding hydrogens is 91.1 g/mol. The van der Waals surface area contributed by atoms with Gasteiger partial charge in [-0.3, -0.25) is 0 Å². The van der Waals surface area contributed by atoms with Crippen LogP contribution in [0.4, 0.5) is 4.39 Å². The molecule has 0 spiro atoms. The van der Waals surface area contributed by atoms with E-state index in [1.165, 1.54) is 5.57 Å². The summed E-state index contributed by atoms with van der Waals surface area (Å²) >= 11 is 0. The van der Waals surface area contributed by atoms with Gasteiger partial charge in [-0.1, -0.05) is 12.2 Å². The average molecular weight is 102 g/mol. The summed E-state index contributed by atoms with van der Waals surface area (Å²) in [6.45, 7) is 10.2. The molecule has 0 aliphatic rings. The fraction of sp³-hybridized carbons (Fsp3) is 0.333. The van der Waals surface area contributed by atoms with Crippen molar-refractivity contribution in [3.63, 3.8) is 0 Å². The fourth-order valence-corrected chi connectivity index (χ4v) is 0. The van der Waals surface area contributed by atoms with E-state index in [1.54, 1.807) is 0 Å². The van der Waals surface area contributed by atoms with Gasteiger partial charge in [0, 0.05) is 0 Å². The first-order valence-electron chi connectivity index (χ1n) is 1.98. The minimum atomic E-state index is 0.250. The smallest absolute Gasteiger partial charge is 0.0795 e. The number of hydrogen-bond acceptors (Lipinski definition) is 0. The molecule has 0 aromatic carbocycles. The van der Waals surface area contributed by atoms with Crippen LogP contribution in [-0.2, 0) is 0 Å². The second-order valence-corrected chi connectivity index (χ2v) is 1.36. The van der Waals surface area contributed by atoms with Gasteiger partial charge in [0.05, 0.1) is 6.33 Å². The van der Waals surface area contributed by atoms with Crippen molar-refractivity contribution in [2.75, 3.05) is 0 Å². The molecule has 0 aromatic heterocycles. The minimum absolute atomic E-state index is 0.250. The summed E-state index contributed by atoms with van der Waals surface area (Å²) in [5, 5.41) is 0. The Morgan fingerprint density at radius 1 is 1.57 bits per heavy atom. The van der Waals surface area contributed by atoms with Crippen LogP contribution < -0.4 is 0 Å². The van der Waals surface area contributed by atoms with Crippen molar-refractivity contribution in [3.8, 4) is 0 Å². The predicted octanol–water partition coefficient (Wildman–Crippen LogP) is 2.68. The summed E-state index contributed by atoms with van der Waals surface area (Å²) in [4.78, 5) is 0. The summed E-state index contributed by atoms with van der Waals surface area (Å²) in [5.74, 6) is 0. The lowest BCUT2D eigenvalue weighted by molar-refractivity contribution is 0.725. The Kier molecular flexibility index (Phi) is 12.5. The molecule has 0 nitrogen and oxygen atoms in total. The topological polar surface area (TPSA) is 0 Å². The van der Waals surface area contributed by atoms with Crippen LogP contribution in [-0.4, -0.2) is 0 Å². The van der Waals surface area contributed by atoms with Gasteiger partial charge >= 0.3 is 0 Å². The van der Waals surface area contributed by atoms with Gasteiger partial charge in [-0.2, -0.15) is 0 Å². The lowest BCUT2D eigenvalue weighted by Gasteiger charge is -1.65. The van der Waals surface area contributed by atoms with Crippen molar-refractivity contribution in [1.82, 2.24) is 0 Å². The molecule has 0 amide bonds. The summed E-state index contributed by atoms with van der Waals surface area (Å²) in [7, 11) is 0. The monoisotopic (exact) mass is 102 g/mol. The van der Waals surface area contributed by atoms with Crippen LogP contribution in [0.25, 0.3) is 0 Å². The van der Waals surface area contributed by atoms with Crippen LogP contribution in [0.5, 0.6) is 0 Å². The quantitative estimate of drug-likeness (QED) is 0.412. The Hall–Kier alpha value is -0.590. The van der Waals surface area contributed by atoms with Gasteiger partial charge in [0.25, 0.3) is 0 Å². The van der Waals surface area contributed by atoms with Gasteiger partial charge in [-0.05, 0) is 13.8 Å². The molecule has 42 valence electrons. The molecular formula is C6H11F. The van der Waals surface area contributed by atoms with Crippen molar-refractivity contribution in [1.29, 1.82) is 0 Å². The molecule has 0 saturated carbocycles. The number of rotatable bonds is 0. The third-order valence-electron chi connectivity index (χ3n) is 0. The summed E-state index contributed by atoms with van der Waals surface area (Å²) < 4.78 is 10.1. The van der Waals surface area contributed by atoms with Crippen LogP contribution in [0.3, 0.4) is 0 Å². The normalized spacial score (nSPS) is 5.57. The van der Waals surface area contributed by atoms with Gasteiger partial charge in [-0.25, -0.2) is 4.39 Å². The van der Waals surface area contributed by atoms with Gasteiger partial charge in [0.2, 0.25) is 0 Å². The first-order chi connectivity index (χ1) is 3.15. The molecule has 0 unspecified atom stereocenters. The SMILES string of the molecule is C=C(C)C.C=CF. The van der Waals surface area contributed by atoms with Crippen LogP contribution in [0.2, 0.25) is 0 Å². The zero-order chi connectivity index (χ0) is 6.28. The van der Waals surface area contributed by atoms with Crippen molar-refractivity contribution in [2.24, 2.45) is 0 Å². The predicted molar refractivity (Wildman–Crippen MR) is 31.8 cm³/mol. The zero-order valence-corrected chi connectivity index (χ0v) is 4.87. The van der Waals surface area contributed by atoms with Crippen molar-refractivity contribution in [3.05, 3.63) is 25.1 Å². The van der Waals surface area contributed by atoms with E-state index in [0.29, 0.717) is 0 Å². The first kappa shape index (κ1) is 9.65. The average Bonchev–Trinajstić information content (AvgIpc) is 1.33. The Morgan fingerprint density at radius 3 is 1.57 bits per heavy atom. The summed E-state index contributed by atoms with van der Waals surface area (Å²) in [6.07, 6.45) is 0.250. The van der Waals surface area contributed by atoms with Gasteiger partial charge in [-0.15, -0.1) is 6.58 Å². The van der Waals surface area contributed by atoms with E-state index >= 15 is 0 Å². The van der Waals surface area contributed by atoms with Crippen LogP contribution >= 0.6 is 0 Å². The lowest BCUT2D eigenvalue weighted by Crippen LogP contribution is -1.43. The van der Waals surface area contributed by atoms with E-state index in [4.69, 9.17) is 0 Å². The van der Waals surface area contributed by atoms with E-state index in [1.807, 2.05) is 13.8 Å².